The molecule has 20 heavy (non-hydrogen) atoms. The molecule has 0 aromatic carbocycles. The molecule has 1 aliphatic heterocycles. The van der Waals surface area contributed by atoms with Crippen molar-refractivity contribution in [3.8, 4) is 0 Å². The number of carboxylic acids is 1. The van der Waals surface area contributed by atoms with Gasteiger partial charge in [-0.3, -0.25) is 14.9 Å². The van der Waals surface area contributed by atoms with Gasteiger partial charge in [0.05, 0.1) is 11.5 Å². The first kappa shape index (κ1) is 12.3. The Kier molecular flexibility index (Phi) is 2.70. The molecule has 8 nitrogen and oxygen atoms in total. The Morgan fingerprint density at radius 3 is 2.95 bits per heavy atom. The molecule has 102 valence electrons. The van der Waals surface area contributed by atoms with Crippen LogP contribution in [0.15, 0.2) is 18.6 Å². The maximum atomic E-state index is 11.9. The van der Waals surface area contributed by atoms with E-state index in [1.54, 1.807) is 0 Å². The lowest BCUT2D eigenvalue weighted by Crippen LogP contribution is -2.39. The van der Waals surface area contributed by atoms with Gasteiger partial charge in [0.1, 0.15) is 6.33 Å². The lowest BCUT2D eigenvalue weighted by atomic mass is 9.90. The van der Waals surface area contributed by atoms with E-state index in [1.807, 2.05) is 0 Å². The first-order chi connectivity index (χ1) is 9.56. The Balaban J connectivity index is 2.14. The fraction of sp³-hybridized carbons (Fsp3) is 0.250. The van der Waals surface area contributed by atoms with Crippen molar-refractivity contribution in [3.05, 3.63) is 29.7 Å². The van der Waals surface area contributed by atoms with Crippen molar-refractivity contribution in [1.82, 2.24) is 19.9 Å². The molecule has 2 aromatic rings. The fourth-order valence-corrected chi connectivity index (χ4v) is 2.32. The van der Waals surface area contributed by atoms with E-state index in [0.29, 0.717) is 17.6 Å². The van der Waals surface area contributed by atoms with Gasteiger partial charge in [-0.25, -0.2) is 14.3 Å². The molecule has 2 N–H and O–H groups in total. The van der Waals surface area contributed by atoms with Gasteiger partial charge in [0.25, 0.3) is 0 Å². The Bertz CT molecular complexity index is 736. The Hall–Kier alpha value is -2.77. The Morgan fingerprint density at radius 1 is 1.45 bits per heavy atom. The van der Waals surface area contributed by atoms with Crippen molar-refractivity contribution in [1.29, 1.82) is 0 Å². The van der Waals surface area contributed by atoms with Gasteiger partial charge in [-0.2, -0.15) is 5.10 Å². The van der Waals surface area contributed by atoms with Gasteiger partial charge in [-0.15, -0.1) is 0 Å². The average Bonchev–Trinajstić information content (AvgIpc) is 2.86. The van der Waals surface area contributed by atoms with E-state index in [2.05, 4.69) is 15.4 Å². The summed E-state index contributed by atoms with van der Waals surface area (Å²) in [6, 6.07) is 1.41. The monoisotopic (exact) mass is 274 g/mol. The molecule has 2 amide bonds. The summed E-state index contributed by atoms with van der Waals surface area (Å²) in [7, 11) is 0. The van der Waals surface area contributed by atoms with Gasteiger partial charge in [-0.1, -0.05) is 0 Å². The number of piperidine rings is 1. The Labute approximate surface area is 112 Å². The van der Waals surface area contributed by atoms with E-state index in [4.69, 9.17) is 5.11 Å². The SMILES string of the molecule is O=C1CCC(c2cc(C(=O)O)cn3ncnc23)C(=O)N1. The maximum absolute atomic E-state index is 11.9. The molecule has 3 heterocycles. The number of imide groups is 1. The quantitative estimate of drug-likeness (QED) is 0.742. The van der Waals surface area contributed by atoms with Crippen molar-refractivity contribution in [2.45, 2.75) is 18.8 Å². The van der Waals surface area contributed by atoms with Gasteiger partial charge in [0, 0.05) is 18.2 Å². The highest BCUT2D eigenvalue weighted by atomic mass is 16.4. The second-order valence-corrected chi connectivity index (χ2v) is 4.52. The first-order valence-electron chi connectivity index (χ1n) is 5.96. The predicted octanol–water partition coefficient (Wildman–Crippen LogP) is -0.0523. The van der Waals surface area contributed by atoms with E-state index in [9.17, 15) is 14.4 Å². The van der Waals surface area contributed by atoms with Gasteiger partial charge in [0.2, 0.25) is 11.8 Å². The first-order valence-corrected chi connectivity index (χ1v) is 5.96. The number of rotatable bonds is 2. The number of amides is 2. The normalized spacial score (nSPS) is 19.1. The smallest absolute Gasteiger partial charge is 0.337 e. The highest BCUT2D eigenvalue weighted by Gasteiger charge is 2.30. The fourth-order valence-electron chi connectivity index (χ4n) is 2.32. The van der Waals surface area contributed by atoms with Crippen LogP contribution in [0.3, 0.4) is 0 Å². The van der Waals surface area contributed by atoms with Crippen LogP contribution in [0.4, 0.5) is 0 Å². The van der Waals surface area contributed by atoms with E-state index in [0.717, 1.165) is 0 Å². The van der Waals surface area contributed by atoms with Crippen molar-refractivity contribution >= 4 is 23.4 Å². The van der Waals surface area contributed by atoms with Gasteiger partial charge >= 0.3 is 5.97 Å². The average molecular weight is 274 g/mol. The summed E-state index contributed by atoms with van der Waals surface area (Å²) in [5, 5.41) is 15.2. The lowest BCUT2D eigenvalue weighted by molar-refractivity contribution is -0.134. The highest BCUT2D eigenvalue weighted by Crippen LogP contribution is 2.28. The van der Waals surface area contributed by atoms with Crippen LogP contribution >= 0.6 is 0 Å². The Morgan fingerprint density at radius 2 is 2.25 bits per heavy atom. The topological polar surface area (TPSA) is 114 Å². The second-order valence-electron chi connectivity index (χ2n) is 4.52. The van der Waals surface area contributed by atoms with Crippen LogP contribution in [0.25, 0.3) is 5.65 Å². The number of carboxylic acid groups (broad SMARTS) is 1. The molecular formula is C12H10N4O4. The van der Waals surface area contributed by atoms with Crippen LogP contribution in [0, 0.1) is 0 Å². The number of nitrogens with one attached hydrogen (secondary N) is 1. The van der Waals surface area contributed by atoms with Gasteiger partial charge in [0.15, 0.2) is 5.65 Å². The molecule has 1 saturated heterocycles. The number of pyridine rings is 1. The molecule has 0 bridgehead atoms. The largest absolute Gasteiger partial charge is 0.478 e. The second kappa shape index (κ2) is 4.41. The molecule has 8 heteroatoms. The van der Waals surface area contributed by atoms with Gasteiger partial charge < -0.3 is 5.11 Å². The minimum Gasteiger partial charge on any atom is -0.478 e. The standard InChI is InChI=1S/C12H10N4O4/c17-9-2-1-7(11(18)15-9)8-3-6(12(19)20)4-16-10(8)13-5-14-16/h3-5,7H,1-2H2,(H,19,20)(H,15,17,18). The summed E-state index contributed by atoms with van der Waals surface area (Å²) in [6.07, 6.45) is 3.17. The number of carbonyl (C=O) groups is 3. The van der Waals surface area contributed by atoms with Crippen molar-refractivity contribution < 1.29 is 19.5 Å². The zero-order valence-corrected chi connectivity index (χ0v) is 10.2. The van der Waals surface area contributed by atoms with Crippen LogP contribution in [0.5, 0.6) is 0 Å². The third kappa shape index (κ3) is 1.91. The van der Waals surface area contributed by atoms with Crippen LogP contribution in [-0.4, -0.2) is 37.5 Å². The van der Waals surface area contributed by atoms with Crippen LogP contribution < -0.4 is 5.32 Å². The summed E-state index contributed by atoms with van der Waals surface area (Å²) in [6.45, 7) is 0. The molecule has 0 spiro atoms. The third-order valence-electron chi connectivity index (χ3n) is 3.27. The minimum absolute atomic E-state index is 0.0164. The summed E-state index contributed by atoms with van der Waals surface area (Å²) in [4.78, 5) is 38.3. The molecule has 3 rings (SSSR count). The third-order valence-corrected chi connectivity index (χ3v) is 3.27. The van der Waals surface area contributed by atoms with E-state index in [1.165, 1.54) is 23.1 Å². The molecule has 2 aromatic heterocycles. The number of aromatic carboxylic acids is 1. The zero-order chi connectivity index (χ0) is 14.3. The predicted molar refractivity (Wildman–Crippen MR) is 65.1 cm³/mol. The van der Waals surface area contributed by atoms with Crippen LogP contribution in [0.2, 0.25) is 0 Å². The van der Waals surface area contributed by atoms with Gasteiger partial charge in [-0.05, 0) is 12.5 Å². The number of hydrogen-bond acceptors (Lipinski definition) is 5. The number of fused-ring (bicyclic) bond motifs is 1. The molecule has 1 atom stereocenters. The summed E-state index contributed by atoms with van der Waals surface area (Å²) >= 11 is 0. The summed E-state index contributed by atoms with van der Waals surface area (Å²) < 4.78 is 1.32. The lowest BCUT2D eigenvalue weighted by Gasteiger charge is -2.21. The van der Waals surface area contributed by atoms with Crippen molar-refractivity contribution in [2.75, 3.05) is 0 Å². The number of hydrogen-bond donors (Lipinski definition) is 2. The minimum atomic E-state index is -1.11. The number of aromatic nitrogens is 3. The molecule has 1 aliphatic rings. The zero-order valence-electron chi connectivity index (χ0n) is 10.2. The van der Waals surface area contributed by atoms with Crippen LogP contribution in [-0.2, 0) is 9.59 Å². The maximum Gasteiger partial charge on any atom is 0.337 e. The molecule has 1 unspecified atom stereocenters. The van der Waals surface area contributed by atoms with E-state index >= 15 is 0 Å². The molecule has 0 saturated carbocycles. The van der Waals surface area contributed by atoms with Crippen molar-refractivity contribution in [2.24, 2.45) is 0 Å². The molecule has 1 fully saturated rings. The van der Waals surface area contributed by atoms with E-state index in [-0.39, 0.29) is 17.9 Å². The van der Waals surface area contributed by atoms with Crippen LogP contribution in [0.1, 0.15) is 34.7 Å². The van der Waals surface area contributed by atoms with Crippen molar-refractivity contribution in [3.63, 3.8) is 0 Å². The summed E-state index contributed by atoms with van der Waals surface area (Å²) in [5.74, 6) is -2.47. The molecule has 0 aliphatic carbocycles. The number of carbonyl (C=O) groups excluding carboxylic acids is 2. The van der Waals surface area contributed by atoms with E-state index < -0.39 is 17.8 Å². The summed E-state index contributed by atoms with van der Waals surface area (Å²) in [5.41, 5.74) is 0.902. The number of nitrogens with zero attached hydrogens (tertiary/aromatic N) is 3. The molecule has 0 radical (unpaired) electrons. The molecular weight excluding hydrogens is 264 g/mol. The highest BCUT2D eigenvalue weighted by molar-refractivity contribution is 6.01.